The molecule has 2 aromatic rings. The van der Waals surface area contributed by atoms with Gasteiger partial charge >= 0.3 is 6.03 Å². The predicted octanol–water partition coefficient (Wildman–Crippen LogP) is 2.22. The summed E-state index contributed by atoms with van der Waals surface area (Å²) in [4.78, 5) is 15.9. The minimum atomic E-state index is -0.0972. The van der Waals surface area contributed by atoms with Crippen LogP contribution in [0.15, 0.2) is 43.0 Å². The first-order valence-corrected chi connectivity index (χ1v) is 7.73. The van der Waals surface area contributed by atoms with E-state index in [1.54, 1.807) is 12.5 Å². The molecular formula is C17H22N4O. The van der Waals surface area contributed by atoms with E-state index in [0.29, 0.717) is 13.1 Å². The smallest absolute Gasteiger partial charge is 0.314 e. The summed E-state index contributed by atoms with van der Waals surface area (Å²) in [5.41, 5.74) is 2.82. The molecule has 1 aliphatic carbocycles. The average molecular weight is 298 g/mol. The molecule has 2 N–H and O–H groups in total. The third-order valence-corrected chi connectivity index (χ3v) is 4.37. The van der Waals surface area contributed by atoms with Gasteiger partial charge in [0.1, 0.15) is 0 Å². The highest BCUT2D eigenvalue weighted by Crippen LogP contribution is 2.48. The maximum absolute atomic E-state index is 11.9. The predicted molar refractivity (Wildman–Crippen MR) is 85.7 cm³/mol. The minimum absolute atomic E-state index is 0.0972. The summed E-state index contributed by atoms with van der Waals surface area (Å²) in [6.45, 7) is 4.17. The Morgan fingerprint density at radius 3 is 2.82 bits per heavy atom. The zero-order valence-corrected chi connectivity index (χ0v) is 12.9. The van der Waals surface area contributed by atoms with Crippen LogP contribution < -0.4 is 10.6 Å². The largest absolute Gasteiger partial charge is 0.337 e. The van der Waals surface area contributed by atoms with Crippen LogP contribution in [0.5, 0.6) is 0 Å². The number of carbonyl (C=O) groups excluding carboxylic acids is 1. The van der Waals surface area contributed by atoms with Crippen molar-refractivity contribution in [2.24, 2.45) is 0 Å². The second-order valence-electron chi connectivity index (χ2n) is 6.01. The molecule has 3 rings (SSSR count). The van der Waals surface area contributed by atoms with Crippen LogP contribution in [0.2, 0.25) is 0 Å². The van der Waals surface area contributed by atoms with Crippen molar-refractivity contribution in [2.75, 3.05) is 13.1 Å². The second-order valence-corrected chi connectivity index (χ2v) is 6.01. The van der Waals surface area contributed by atoms with Crippen molar-refractivity contribution in [3.05, 3.63) is 54.1 Å². The van der Waals surface area contributed by atoms with Gasteiger partial charge in [0.25, 0.3) is 0 Å². The van der Waals surface area contributed by atoms with Gasteiger partial charge in [-0.15, -0.1) is 0 Å². The Bertz CT molecular complexity index is 632. The molecule has 0 unspecified atom stereocenters. The number of hydrogen-bond acceptors (Lipinski definition) is 2. The van der Waals surface area contributed by atoms with Crippen LogP contribution in [-0.4, -0.2) is 28.7 Å². The summed E-state index contributed by atoms with van der Waals surface area (Å²) in [6.07, 6.45) is 7.66. The lowest BCUT2D eigenvalue weighted by Crippen LogP contribution is -2.41. The van der Waals surface area contributed by atoms with Gasteiger partial charge in [0.05, 0.1) is 6.33 Å². The summed E-state index contributed by atoms with van der Waals surface area (Å²) in [6, 6.07) is 8.36. The highest BCUT2D eigenvalue weighted by Gasteiger charge is 2.45. The Morgan fingerprint density at radius 1 is 1.32 bits per heavy atom. The van der Waals surface area contributed by atoms with Crippen LogP contribution in [0, 0.1) is 6.92 Å². The fourth-order valence-electron chi connectivity index (χ4n) is 2.89. The van der Waals surface area contributed by atoms with Gasteiger partial charge in [-0.05, 0) is 30.9 Å². The minimum Gasteiger partial charge on any atom is -0.337 e. The molecule has 116 valence electrons. The lowest BCUT2D eigenvalue weighted by molar-refractivity contribution is 0.239. The number of carbonyl (C=O) groups is 1. The van der Waals surface area contributed by atoms with E-state index in [4.69, 9.17) is 0 Å². The molecule has 5 nitrogen and oxygen atoms in total. The van der Waals surface area contributed by atoms with E-state index in [1.165, 1.54) is 11.1 Å². The quantitative estimate of drug-likeness (QED) is 0.859. The topological polar surface area (TPSA) is 59.0 Å². The molecule has 1 aliphatic rings. The van der Waals surface area contributed by atoms with Crippen molar-refractivity contribution in [1.29, 1.82) is 0 Å². The van der Waals surface area contributed by atoms with Crippen molar-refractivity contribution >= 4 is 6.03 Å². The van der Waals surface area contributed by atoms with Crippen molar-refractivity contribution in [1.82, 2.24) is 20.2 Å². The third kappa shape index (κ3) is 3.30. The van der Waals surface area contributed by atoms with E-state index < -0.39 is 0 Å². The van der Waals surface area contributed by atoms with Crippen molar-refractivity contribution in [2.45, 2.75) is 31.7 Å². The first-order chi connectivity index (χ1) is 10.7. The molecule has 0 radical (unpaired) electrons. The molecule has 1 saturated carbocycles. The van der Waals surface area contributed by atoms with E-state index in [0.717, 1.165) is 19.4 Å². The highest BCUT2D eigenvalue weighted by molar-refractivity contribution is 5.74. The molecule has 2 amide bonds. The molecule has 1 aromatic heterocycles. The molecule has 1 heterocycles. The molecule has 1 aromatic carbocycles. The van der Waals surface area contributed by atoms with Crippen LogP contribution >= 0.6 is 0 Å². The van der Waals surface area contributed by atoms with Gasteiger partial charge in [-0.25, -0.2) is 9.78 Å². The number of hydrogen-bond donors (Lipinski definition) is 2. The number of aromatic nitrogens is 2. The Kier molecular flexibility index (Phi) is 4.13. The number of aryl methyl sites for hydroxylation is 1. The maximum atomic E-state index is 11.9. The fourth-order valence-corrected chi connectivity index (χ4v) is 2.89. The molecule has 0 atom stereocenters. The van der Waals surface area contributed by atoms with Crippen LogP contribution in [0.25, 0.3) is 0 Å². The van der Waals surface area contributed by atoms with Crippen LogP contribution in [-0.2, 0) is 12.0 Å². The van der Waals surface area contributed by atoms with Gasteiger partial charge in [-0.3, -0.25) is 0 Å². The van der Waals surface area contributed by atoms with Crippen LogP contribution in [0.4, 0.5) is 4.79 Å². The summed E-state index contributed by atoms with van der Waals surface area (Å²) < 4.78 is 1.94. The van der Waals surface area contributed by atoms with Crippen molar-refractivity contribution in [3.8, 4) is 0 Å². The third-order valence-electron chi connectivity index (χ3n) is 4.37. The zero-order valence-electron chi connectivity index (χ0n) is 12.9. The molecule has 0 spiro atoms. The molecule has 0 bridgehead atoms. The van der Waals surface area contributed by atoms with Gasteiger partial charge < -0.3 is 15.2 Å². The molecule has 5 heteroatoms. The molecular weight excluding hydrogens is 276 g/mol. The molecule has 1 fully saturated rings. The number of rotatable bonds is 6. The van der Waals surface area contributed by atoms with E-state index in [1.807, 2.05) is 10.8 Å². The molecule has 22 heavy (non-hydrogen) atoms. The van der Waals surface area contributed by atoms with E-state index in [2.05, 4.69) is 46.8 Å². The highest BCUT2D eigenvalue weighted by atomic mass is 16.2. The van der Waals surface area contributed by atoms with Gasteiger partial charge in [-0.2, -0.15) is 0 Å². The number of urea groups is 1. The SMILES string of the molecule is Cc1ccccc1C1(CNC(=O)NCCn2ccnc2)CC1. The van der Waals surface area contributed by atoms with Crippen LogP contribution in [0.1, 0.15) is 24.0 Å². The summed E-state index contributed by atoms with van der Waals surface area (Å²) in [7, 11) is 0. The molecule has 0 aliphatic heterocycles. The zero-order chi connectivity index (χ0) is 15.4. The summed E-state index contributed by atoms with van der Waals surface area (Å²) in [5.74, 6) is 0. The Morgan fingerprint density at radius 2 is 2.14 bits per heavy atom. The number of imidazole rings is 1. The average Bonchev–Trinajstić information content (AvgIpc) is 3.13. The lowest BCUT2D eigenvalue weighted by Gasteiger charge is -2.19. The maximum Gasteiger partial charge on any atom is 0.314 e. The van der Waals surface area contributed by atoms with E-state index in [-0.39, 0.29) is 11.4 Å². The lowest BCUT2D eigenvalue weighted by atomic mass is 9.92. The van der Waals surface area contributed by atoms with Crippen molar-refractivity contribution < 1.29 is 4.79 Å². The van der Waals surface area contributed by atoms with Gasteiger partial charge in [0.15, 0.2) is 0 Å². The van der Waals surface area contributed by atoms with E-state index >= 15 is 0 Å². The normalized spacial score (nSPS) is 15.3. The van der Waals surface area contributed by atoms with Crippen LogP contribution in [0.3, 0.4) is 0 Å². The Hall–Kier alpha value is -2.30. The van der Waals surface area contributed by atoms with Gasteiger partial charge in [0, 0.05) is 37.4 Å². The monoisotopic (exact) mass is 298 g/mol. The standard InChI is InChI=1S/C17H22N4O/c1-14-4-2-3-5-15(14)17(6-7-17)12-20-16(22)19-9-11-21-10-8-18-13-21/h2-5,8,10,13H,6-7,9,11-12H2,1H3,(H2,19,20,22). The summed E-state index contributed by atoms with van der Waals surface area (Å²) in [5, 5.41) is 5.91. The van der Waals surface area contributed by atoms with E-state index in [9.17, 15) is 4.79 Å². The molecule has 0 saturated heterocycles. The fraction of sp³-hybridized carbons (Fsp3) is 0.412. The summed E-state index contributed by atoms with van der Waals surface area (Å²) >= 11 is 0. The number of nitrogens with zero attached hydrogens (tertiary/aromatic N) is 2. The second kappa shape index (κ2) is 6.22. The van der Waals surface area contributed by atoms with Crippen molar-refractivity contribution in [3.63, 3.8) is 0 Å². The Balaban J connectivity index is 1.46. The number of nitrogens with one attached hydrogen (secondary N) is 2. The number of benzene rings is 1. The first-order valence-electron chi connectivity index (χ1n) is 7.73. The van der Waals surface area contributed by atoms with Gasteiger partial charge in [0.2, 0.25) is 0 Å². The first kappa shape index (κ1) is 14.6. The van der Waals surface area contributed by atoms with Gasteiger partial charge in [-0.1, -0.05) is 24.3 Å². The number of amides is 2. The Labute approximate surface area is 130 Å².